The third-order valence-electron chi connectivity index (χ3n) is 4.92. The van der Waals surface area contributed by atoms with E-state index in [0.717, 1.165) is 16.3 Å². The lowest BCUT2D eigenvalue weighted by Crippen LogP contribution is -2.28. The maximum Gasteiger partial charge on any atom is 0.339 e. The lowest BCUT2D eigenvalue weighted by Gasteiger charge is -2.12. The molecule has 7 nitrogen and oxygen atoms in total. The van der Waals surface area contributed by atoms with Gasteiger partial charge in [0.2, 0.25) is 5.91 Å². The summed E-state index contributed by atoms with van der Waals surface area (Å²) < 4.78 is 7.76. The summed E-state index contributed by atoms with van der Waals surface area (Å²) in [6, 6.07) is 18.2. The zero-order chi connectivity index (χ0) is 20.5. The van der Waals surface area contributed by atoms with Crippen molar-refractivity contribution in [1.29, 1.82) is 0 Å². The highest BCUT2D eigenvalue weighted by Gasteiger charge is 2.18. The van der Waals surface area contributed by atoms with E-state index in [2.05, 4.69) is 5.32 Å². The summed E-state index contributed by atoms with van der Waals surface area (Å²) in [5.74, 6) is -0.961. The van der Waals surface area contributed by atoms with Crippen LogP contribution in [0, 0.1) is 0 Å². The van der Waals surface area contributed by atoms with Crippen molar-refractivity contribution in [2.75, 3.05) is 12.4 Å². The Morgan fingerprint density at radius 2 is 1.59 bits per heavy atom. The number of fused-ring (bicyclic) bond motifs is 2. The van der Waals surface area contributed by atoms with Gasteiger partial charge in [-0.3, -0.25) is 13.9 Å². The summed E-state index contributed by atoms with van der Waals surface area (Å²) in [4.78, 5) is 37.5. The summed E-state index contributed by atoms with van der Waals surface area (Å²) >= 11 is 0. The van der Waals surface area contributed by atoms with Gasteiger partial charge in [0.25, 0.3) is 0 Å². The predicted molar refractivity (Wildman–Crippen MR) is 111 cm³/mol. The minimum absolute atomic E-state index is 0.173. The van der Waals surface area contributed by atoms with Crippen LogP contribution in [0.1, 0.15) is 10.4 Å². The van der Waals surface area contributed by atoms with Crippen LogP contribution in [0.4, 0.5) is 5.69 Å². The van der Waals surface area contributed by atoms with Crippen LogP contribution in [0.15, 0.2) is 65.5 Å². The van der Waals surface area contributed by atoms with E-state index in [1.807, 2.05) is 42.5 Å². The summed E-state index contributed by atoms with van der Waals surface area (Å²) in [6.07, 6.45) is 0. The number of para-hydroxylation sites is 2. The molecule has 146 valence electrons. The highest BCUT2D eigenvalue weighted by Crippen LogP contribution is 2.25. The number of anilines is 1. The number of hydrogen-bond acceptors (Lipinski definition) is 4. The Morgan fingerprint density at radius 1 is 0.966 bits per heavy atom. The first kappa shape index (κ1) is 18.5. The van der Waals surface area contributed by atoms with Crippen LogP contribution in [0.2, 0.25) is 0 Å². The molecule has 1 N–H and O–H groups in total. The van der Waals surface area contributed by atoms with Crippen LogP contribution >= 0.6 is 0 Å². The van der Waals surface area contributed by atoms with Crippen molar-refractivity contribution in [3.8, 4) is 0 Å². The van der Waals surface area contributed by atoms with Crippen molar-refractivity contribution in [3.05, 3.63) is 76.7 Å². The first-order valence-corrected chi connectivity index (χ1v) is 9.05. The molecule has 1 amide bonds. The van der Waals surface area contributed by atoms with Crippen LogP contribution in [0.25, 0.3) is 21.8 Å². The Labute approximate surface area is 166 Å². The molecule has 0 aliphatic heterocycles. The number of carbonyl (C=O) groups excluding carboxylic acids is 2. The minimum Gasteiger partial charge on any atom is -0.465 e. The second kappa shape index (κ2) is 7.27. The number of rotatable bonds is 4. The molecular formula is C22H19N3O4. The Balaban J connectivity index is 1.70. The highest BCUT2D eigenvalue weighted by atomic mass is 16.5. The summed E-state index contributed by atoms with van der Waals surface area (Å²) in [5, 5.41) is 4.49. The number of carbonyl (C=O) groups is 2. The van der Waals surface area contributed by atoms with E-state index in [9.17, 15) is 14.4 Å². The Bertz CT molecular complexity index is 1320. The van der Waals surface area contributed by atoms with Gasteiger partial charge in [-0.05, 0) is 35.0 Å². The van der Waals surface area contributed by atoms with E-state index in [1.54, 1.807) is 25.2 Å². The number of aromatic nitrogens is 2. The minimum atomic E-state index is -0.548. The number of aryl methyl sites for hydroxylation is 1. The fourth-order valence-electron chi connectivity index (χ4n) is 3.47. The SMILES string of the molecule is COC(=O)c1cc2ccccc2cc1NC(=O)Cn1c(=O)n(C)c2ccccc21. The smallest absolute Gasteiger partial charge is 0.339 e. The topological polar surface area (TPSA) is 82.3 Å². The largest absolute Gasteiger partial charge is 0.465 e. The number of nitrogens with zero attached hydrogens (tertiary/aromatic N) is 2. The number of hydrogen-bond donors (Lipinski definition) is 1. The van der Waals surface area contributed by atoms with E-state index < -0.39 is 11.9 Å². The van der Waals surface area contributed by atoms with Crippen LogP contribution in [-0.2, 0) is 23.1 Å². The number of imidazole rings is 1. The molecule has 0 saturated carbocycles. The van der Waals surface area contributed by atoms with Gasteiger partial charge in [-0.25, -0.2) is 9.59 Å². The highest BCUT2D eigenvalue weighted by molar-refractivity contribution is 6.05. The molecule has 4 aromatic rings. The number of benzene rings is 3. The summed E-state index contributed by atoms with van der Waals surface area (Å²) in [5.41, 5.74) is 1.72. The van der Waals surface area contributed by atoms with Crippen molar-refractivity contribution >= 4 is 39.4 Å². The molecule has 4 rings (SSSR count). The van der Waals surface area contributed by atoms with E-state index in [-0.39, 0.29) is 17.8 Å². The number of esters is 1. The van der Waals surface area contributed by atoms with Gasteiger partial charge in [-0.2, -0.15) is 0 Å². The fourth-order valence-corrected chi connectivity index (χ4v) is 3.47. The number of ether oxygens (including phenoxy) is 1. The van der Waals surface area contributed by atoms with Crippen molar-refractivity contribution in [1.82, 2.24) is 9.13 Å². The molecule has 0 radical (unpaired) electrons. The molecule has 1 heterocycles. The van der Waals surface area contributed by atoms with Gasteiger partial charge in [0.1, 0.15) is 6.54 Å². The maximum absolute atomic E-state index is 12.8. The molecule has 3 aromatic carbocycles. The Hall–Kier alpha value is -3.87. The van der Waals surface area contributed by atoms with Crippen molar-refractivity contribution in [3.63, 3.8) is 0 Å². The van der Waals surface area contributed by atoms with Gasteiger partial charge in [0, 0.05) is 7.05 Å². The van der Waals surface area contributed by atoms with Crippen LogP contribution in [0.5, 0.6) is 0 Å². The second-order valence-corrected chi connectivity index (χ2v) is 6.70. The molecule has 1 aromatic heterocycles. The monoisotopic (exact) mass is 389 g/mol. The van der Waals surface area contributed by atoms with Gasteiger partial charge < -0.3 is 10.1 Å². The van der Waals surface area contributed by atoms with E-state index in [1.165, 1.54) is 16.2 Å². The standard InChI is InChI=1S/C22H19N3O4/c1-24-18-9-5-6-10-19(18)25(22(24)28)13-20(26)23-17-12-15-8-4-3-7-14(15)11-16(17)21(27)29-2/h3-12H,13H2,1-2H3,(H,23,26). The Kier molecular flexibility index (Phi) is 4.64. The molecule has 0 bridgehead atoms. The van der Waals surface area contributed by atoms with Gasteiger partial charge in [-0.15, -0.1) is 0 Å². The summed E-state index contributed by atoms with van der Waals surface area (Å²) in [6.45, 7) is -0.173. The summed E-state index contributed by atoms with van der Waals surface area (Å²) in [7, 11) is 2.95. The average Bonchev–Trinajstić information content (AvgIpc) is 2.97. The average molecular weight is 389 g/mol. The van der Waals surface area contributed by atoms with Crippen LogP contribution in [0.3, 0.4) is 0 Å². The zero-order valence-corrected chi connectivity index (χ0v) is 16.0. The number of nitrogens with one attached hydrogen (secondary N) is 1. The molecule has 0 atom stereocenters. The molecule has 0 aliphatic carbocycles. The van der Waals surface area contributed by atoms with Gasteiger partial charge in [0.05, 0.1) is 29.4 Å². The van der Waals surface area contributed by atoms with Gasteiger partial charge in [-0.1, -0.05) is 36.4 Å². The van der Waals surface area contributed by atoms with Crippen molar-refractivity contribution in [2.45, 2.75) is 6.54 Å². The number of methoxy groups -OCH3 is 1. The Morgan fingerprint density at radius 3 is 2.28 bits per heavy atom. The molecule has 0 unspecified atom stereocenters. The second-order valence-electron chi connectivity index (χ2n) is 6.70. The molecular weight excluding hydrogens is 370 g/mol. The van der Waals surface area contributed by atoms with Crippen molar-refractivity contribution < 1.29 is 14.3 Å². The van der Waals surface area contributed by atoms with Gasteiger partial charge >= 0.3 is 11.7 Å². The van der Waals surface area contributed by atoms with E-state index in [4.69, 9.17) is 4.74 Å². The van der Waals surface area contributed by atoms with Crippen LogP contribution in [-0.4, -0.2) is 28.1 Å². The molecule has 0 spiro atoms. The van der Waals surface area contributed by atoms with Crippen LogP contribution < -0.4 is 11.0 Å². The molecule has 29 heavy (non-hydrogen) atoms. The maximum atomic E-state index is 12.8. The lowest BCUT2D eigenvalue weighted by molar-refractivity contribution is -0.116. The first-order chi connectivity index (χ1) is 14.0. The third kappa shape index (κ3) is 3.27. The molecule has 0 saturated heterocycles. The van der Waals surface area contributed by atoms with Crippen molar-refractivity contribution in [2.24, 2.45) is 7.05 Å². The van der Waals surface area contributed by atoms with E-state index in [0.29, 0.717) is 11.2 Å². The first-order valence-electron chi connectivity index (χ1n) is 9.05. The predicted octanol–water partition coefficient (Wildman–Crippen LogP) is 2.92. The lowest BCUT2D eigenvalue weighted by atomic mass is 10.0. The van der Waals surface area contributed by atoms with E-state index >= 15 is 0 Å². The zero-order valence-electron chi connectivity index (χ0n) is 16.0. The number of amides is 1. The molecule has 0 aliphatic rings. The fraction of sp³-hybridized carbons (Fsp3) is 0.136. The normalized spacial score (nSPS) is 11.0. The third-order valence-corrected chi connectivity index (χ3v) is 4.92. The van der Waals surface area contributed by atoms with Gasteiger partial charge in [0.15, 0.2) is 0 Å². The molecule has 7 heteroatoms. The molecule has 0 fully saturated rings. The quantitative estimate of drug-likeness (QED) is 0.544.